The Labute approximate surface area is 289 Å². The highest BCUT2D eigenvalue weighted by molar-refractivity contribution is 7.90. The van der Waals surface area contributed by atoms with Gasteiger partial charge in [-0.3, -0.25) is 4.79 Å². The van der Waals surface area contributed by atoms with Crippen LogP contribution in [0, 0.1) is 23.1 Å². The summed E-state index contributed by atoms with van der Waals surface area (Å²) in [4.78, 5) is 28.5. The topological polar surface area (TPSA) is 130 Å². The molecular formula is C36H41ClFN5O4S. The number of hydrogen-bond acceptors (Lipinski definition) is 6. The third-order valence-electron chi connectivity index (χ3n) is 8.90. The molecule has 9 nitrogen and oxygen atoms in total. The van der Waals surface area contributed by atoms with Crippen LogP contribution in [-0.2, 0) is 26.4 Å². The van der Waals surface area contributed by atoms with Crippen LogP contribution in [0.3, 0.4) is 0 Å². The van der Waals surface area contributed by atoms with Crippen LogP contribution in [0.15, 0.2) is 66.7 Å². The highest BCUT2D eigenvalue weighted by Crippen LogP contribution is 2.43. The fourth-order valence-corrected chi connectivity index (χ4v) is 6.98. The fraction of sp³-hybridized carbons (Fsp3) is 0.417. The van der Waals surface area contributed by atoms with E-state index in [4.69, 9.17) is 16.3 Å². The Bertz CT molecular complexity index is 1680. The van der Waals surface area contributed by atoms with Gasteiger partial charge in [0, 0.05) is 42.1 Å². The maximum absolute atomic E-state index is 15.6. The number of carbonyl (C=O) groups is 2. The van der Waals surface area contributed by atoms with Crippen molar-refractivity contribution in [3.05, 3.63) is 94.3 Å². The maximum atomic E-state index is 15.6. The van der Waals surface area contributed by atoms with Crippen molar-refractivity contribution >= 4 is 46.3 Å². The average molecular weight is 694 g/mol. The van der Waals surface area contributed by atoms with Gasteiger partial charge in [0.25, 0.3) is 0 Å². The first kappa shape index (κ1) is 35.6. The quantitative estimate of drug-likeness (QED) is 0.184. The lowest BCUT2D eigenvalue weighted by molar-refractivity contribution is -0.119. The summed E-state index contributed by atoms with van der Waals surface area (Å²) in [5.74, 6) is -0.711. The van der Waals surface area contributed by atoms with E-state index in [9.17, 15) is 19.4 Å². The van der Waals surface area contributed by atoms with Crippen LogP contribution in [0.25, 0.3) is 0 Å². The SMILES string of the molecule is CO[C@@H]1C[C@H](C(=O)Nc2cc(C(CCC3CC3)(N[S@+]([O-])C(C)(C)C)c3cccc(C#N)c3)ccc2F)N(C(=O)Nc2ccc(Cl)cc2)C1. The van der Waals surface area contributed by atoms with Crippen LogP contribution >= 0.6 is 11.6 Å². The summed E-state index contributed by atoms with van der Waals surface area (Å²) in [5.41, 5.74) is 1.10. The van der Waals surface area contributed by atoms with Gasteiger partial charge < -0.3 is 24.8 Å². The summed E-state index contributed by atoms with van der Waals surface area (Å²) in [5, 5.41) is 15.8. The van der Waals surface area contributed by atoms with E-state index in [1.54, 1.807) is 54.6 Å². The molecule has 4 atom stereocenters. The Hall–Kier alpha value is -3.66. The molecule has 3 N–H and O–H groups in total. The van der Waals surface area contributed by atoms with E-state index < -0.39 is 51.5 Å². The minimum Gasteiger partial charge on any atom is -0.598 e. The number of nitrogens with zero attached hydrogens (tertiary/aromatic N) is 2. The molecule has 1 saturated carbocycles. The van der Waals surface area contributed by atoms with Gasteiger partial charge in [0.1, 0.15) is 22.1 Å². The molecule has 3 aromatic rings. The van der Waals surface area contributed by atoms with E-state index in [0.717, 1.165) is 19.3 Å². The number of hydrogen-bond donors (Lipinski definition) is 3. The minimum atomic E-state index is -1.56. The third-order valence-corrected chi connectivity index (χ3v) is 10.8. The number of carbonyl (C=O) groups excluding carboxylic acids is 2. The zero-order chi connectivity index (χ0) is 34.6. The number of ether oxygens (including phenoxy) is 1. The molecule has 1 saturated heterocycles. The molecule has 1 aliphatic carbocycles. The normalized spacial score (nSPS) is 19.7. The Morgan fingerprint density at radius 3 is 2.44 bits per heavy atom. The third kappa shape index (κ3) is 8.31. The van der Waals surface area contributed by atoms with E-state index in [-0.39, 0.29) is 18.7 Å². The number of rotatable bonds is 11. The summed E-state index contributed by atoms with van der Waals surface area (Å²) in [6, 6.07) is 19.0. The van der Waals surface area contributed by atoms with Crippen LogP contribution in [-0.4, -0.2) is 51.9 Å². The van der Waals surface area contributed by atoms with E-state index in [1.807, 2.05) is 26.8 Å². The van der Waals surface area contributed by atoms with Gasteiger partial charge in [-0.05, 0) is 99.2 Å². The first-order valence-corrected chi connectivity index (χ1v) is 17.5. The van der Waals surface area contributed by atoms with Crippen molar-refractivity contribution in [3.8, 4) is 6.07 Å². The van der Waals surface area contributed by atoms with Crippen molar-refractivity contribution in [1.29, 1.82) is 5.26 Å². The van der Waals surface area contributed by atoms with Gasteiger partial charge in [-0.25, -0.2) is 9.18 Å². The van der Waals surface area contributed by atoms with Gasteiger partial charge in [0.05, 0.1) is 23.4 Å². The van der Waals surface area contributed by atoms with Gasteiger partial charge in [-0.15, -0.1) is 4.72 Å². The number of nitrogens with one attached hydrogen (secondary N) is 3. The molecule has 1 heterocycles. The molecule has 12 heteroatoms. The zero-order valence-electron chi connectivity index (χ0n) is 27.5. The van der Waals surface area contributed by atoms with Crippen LogP contribution in [0.5, 0.6) is 0 Å². The minimum absolute atomic E-state index is 0.0769. The van der Waals surface area contributed by atoms with Crippen molar-refractivity contribution in [3.63, 3.8) is 0 Å². The number of likely N-dealkylation sites (tertiary alicyclic amines) is 1. The average Bonchev–Trinajstić information content (AvgIpc) is 3.79. The van der Waals surface area contributed by atoms with Gasteiger partial charge in [0.15, 0.2) is 0 Å². The number of benzene rings is 3. The number of amides is 3. The van der Waals surface area contributed by atoms with Crippen molar-refractivity contribution in [2.45, 2.75) is 75.3 Å². The molecule has 0 aromatic heterocycles. The Kier molecular flexibility index (Phi) is 11.0. The lowest BCUT2D eigenvalue weighted by atomic mass is 9.79. The molecule has 1 unspecified atom stereocenters. The van der Waals surface area contributed by atoms with Gasteiger partial charge in [0.2, 0.25) is 5.91 Å². The Morgan fingerprint density at radius 2 is 1.79 bits per heavy atom. The molecule has 254 valence electrons. The highest BCUT2D eigenvalue weighted by atomic mass is 35.5. The van der Waals surface area contributed by atoms with Crippen LogP contribution < -0.4 is 15.4 Å². The van der Waals surface area contributed by atoms with Crippen molar-refractivity contribution in [2.75, 3.05) is 24.3 Å². The summed E-state index contributed by atoms with van der Waals surface area (Å²) >= 11 is 4.42. The highest BCUT2D eigenvalue weighted by Gasteiger charge is 2.44. The van der Waals surface area contributed by atoms with Gasteiger partial charge in [-0.2, -0.15) is 5.26 Å². The van der Waals surface area contributed by atoms with E-state index in [1.165, 1.54) is 18.1 Å². The number of nitriles is 1. The molecule has 2 fully saturated rings. The van der Waals surface area contributed by atoms with E-state index in [2.05, 4.69) is 21.4 Å². The molecule has 1 aliphatic heterocycles. The van der Waals surface area contributed by atoms with Crippen molar-refractivity contribution in [1.82, 2.24) is 9.62 Å². The van der Waals surface area contributed by atoms with Gasteiger partial charge >= 0.3 is 6.03 Å². The smallest absolute Gasteiger partial charge is 0.322 e. The number of halogens is 2. The molecule has 5 rings (SSSR count). The largest absolute Gasteiger partial charge is 0.598 e. The number of urea groups is 1. The van der Waals surface area contributed by atoms with Crippen molar-refractivity contribution in [2.24, 2.45) is 5.92 Å². The molecule has 0 radical (unpaired) electrons. The molecule has 3 amide bonds. The van der Waals surface area contributed by atoms with Crippen LogP contribution in [0.4, 0.5) is 20.6 Å². The maximum Gasteiger partial charge on any atom is 0.322 e. The second-order valence-corrected chi connectivity index (χ2v) is 15.8. The summed E-state index contributed by atoms with van der Waals surface area (Å²) in [6.45, 7) is 5.77. The van der Waals surface area contributed by atoms with Crippen LogP contribution in [0.1, 0.15) is 69.6 Å². The number of anilines is 2. The molecule has 2 aliphatic rings. The van der Waals surface area contributed by atoms with Crippen molar-refractivity contribution < 1.29 is 23.3 Å². The summed E-state index contributed by atoms with van der Waals surface area (Å²) in [6.07, 6.45) is 3.38. The second-order valence-electron chi connectivity index (χ2n) is 13.4. The predicted octanol–water partition coefficient (Wildman–Crippen LogP) is 7.10. The first-order valence-electron chi connectivity index (χ1n) is 16.0. The number of methoxy groups -OCH3 is 1. The van der Waals surface area contributed by atoms with Crippen LogP contribution in [0.2, 0.25) is 5.02 Å². The predicted molar refractivity (Wildman–Crippen MR) is 186 cm³/mol. The molecule has 48 heavy (non-hydrogen) atoms. The van der Waals surface area contributed by atoms with E-state index >= 15 is 4.39 Å². The second kappa shape index (κ2) is 14.8. The summed E-state index contributed by atoms with van der Waals surface area (Å²) in [7, 11) is 1.51. The fourth-order valence-electron chi connectivity index (χ4n) is 5.89. The monoisotopic (exact) mass is 693 g/mol. The Balaban J connectivity index is 1.49. The molecule has 0 spiro atoms. The zero-order valence-corrected chi connectivity index (χ0v) is 29.1. The van der Waals surface area contributed by atoms with Gasteiger partial charge in [-0.1, -0.05) is 42.6 Å². The van der Waals surface area contributed by atoms with E-state index in [0.29, 0.717) is 39.7 Å². The first-order chi connectivity index (χ1) is 22.8. The lowest BCUT2D eigenvalue weighted by Crippen LogP contribution is -2.52. The standard InChI is InChI=1S/C36H41ClFN5O4S/c1-35(2,3)48(46)42-36(17-16-23-8-9-23,25-7-5-6-24(18-25)21-39)26-10-15-30(38)31(19-26)41-33(44)32-20-29(47-4)22-43(32)34(45)40-28-13-11-27(37)12-14-28/h5-7,10-15,18-19,23,29,32,42H,8-9,16-17,20,22H2,1-4H3,(H,40,45)(H,41,44)/t29-,32-,36?,48-/m1/s1. The molecule has 0 bridgehead atoms. The molecule has 3 aromatic carbocycles. The lowest BCUT2D eigenvalue weighted by Gasteiger charge is -2.39. The molecular weight excluding hydrogens is 653 g/mol. The Morgan fingerprint density at radius 1 is 1.08 bits per heavy atom. The summed E-state index contributed by atoms with van der Waals surface area (Å²) < 4.78 is 37.6.